The molecule has 3 aliphatic heterocycles. The molecule has 0 saturated carbocycles. The van der Waals surface area contributed by atoms with E-state index in [0.29, 0.717) is 12.1 Å². The molecule has 4 nitrogen and oxygen atoms in total. The molecule has 0 spiro atoms. The Labute approximate surface area is 154 Å². The van der Waals surface area contributed by atoms with Gasteiger partial charge in [-0.3, -0.25) is 14.9 Å². The molecule has 2 aromatic heterocycles. The van der Waals surface area contributed by atoms with E-state index in [1.807, 2.05) is 30.6 Å². The van der Waals surface area contributed by atoms with Gasteiger partial charge in [-0.15, -0.1) is 0 Å². The van der Waals surface area contributed by atoms with E-state index in [9.17, 15) is 0 Å². The smallest absolute Gasteiger partial charge is 0.0710 e. The first-order chi connectivity index (χ1) is 12.8. The molecule has 4 heteroatoms. The molecule has 1 aromatic carbocycles. The molecule has 0 amide bonds. The quantitative estimate of drug-likeness (QED) is 0.773. The minimum atomic E-state index is 0.534. The van der Waals surface area contributed by atoms with Gasteiger partial charge in [-0.1, -0.05) is 18.2 Å². The Morgan fingerprint density at radius 2 is 1.88 bits per heavy atom. The first kappa shape index (κ1) is 15.8. The van der Waals surface area contributed by atoms with E-state index in [1.165, 1.54) is 25.9 Å². The molecule has 26 heavy (non-hydrogen) atoms. The number of anilines is 1. The zero-order valence-corrected chi connectivity index (χ0v) is 15.1. The highest BCUT2D eigenvalue weighted by molar-refractivity contribution is 5.93. The zero-order valence-electron chi connectivity index (χ0n) is 15.1. The molecule has 1 N–H and O–H groups in total. The SMILES string of the molecule is CC1C(Nc2ccc(-c3cccc4ncccc34)nc2)C2CCN1CC2. The molecule has 3 aliphatic rings. The number of nitrogens with zero attached hydrogens (tertiary/aromatic N) is 3. The number of piperidine rings is 3. The van der Waals surface area contributed by atoms with Gasteiger partial charge >= 0.3 is 0 Å². The average molecular weight is 344 g/mol. The first-order valence-corrected chi connectivity index (χ1v) is 9.60. The fraction of sp³-hybridized carbons (Fsp3) is 0.364. The summed E-state index contributed by atoms with van der Waals surface area (Å²) in [5.41, 5.74) is 4.27. The van der Waals surface area contributed by atoms with Gasteiger partial charge in [-0.05, 0) is 63.0 Å². The molecule has 2 unspecified atom stereocenters. The van der Waals surface area contributed by atoms with Crippen molar-refractivity contribution in [3.63, 3.8) is 0 Å². The van der Waals surface area contributed by atoms with Crippen molar-refractivity contribution in [1.29, 1.82) is 0 Å². The van der Waals surface area contributed by atoms with Crippen LogP contribution in [0.2, 0.25) is 0 Å². The first-order valence-electron chi connectivity index (χ1n) is 9.60. The van der Waals surface area contributed by atoms with Crippen LogP contribution in [0.25, 0.3) is 22.2 Å². The number of rotatable bonds is 3. The average Bonchev–Trinajstić information content (AvgIpc) is 2.71. The minimum absolute atomic E-state index is 0.534. The van der Waals surface area contributed by atoms with Crippen molar-refractivity contribution >= 4 is 16.6 Å². The summed E-state index contributed by atoms with van der Waals surface area (Å²) >= 11 is 0. The van der Waals surface area contributed by atoms with Gasteiger partial charge in [-0.2, -0.15) is 0 Å². The van der Waals surface area contributed by atoms with Crippen LogP contribution >= 0.6 is 0 Å². The van der Waals surface area contributed by atoms with Crippen LogP contribution in [0.5, 0.6) is 0 Å². The molecule has 2 atom stereocenters. The maximum Gasteiger partial charge on any atom is 0.0710 e. The van der Waals surface area contributed by atoms with Crippen molar-refractivity contribution in [3.05, 3.63) is 54.9 Å². The third kappa shape index (κ3) is 2.65. The fourth-order valence-corrected chi connectivity index (χ4v) is 4.70. The molecule has 5 heterocycles. The molecule has 132 valence electrons. The molecule has 0 aliphatic carbocycles. The molecule has 6 rings (SSSR count). The largest absolute Gasteiger partial charge is 0.379 e. The van der Waals surface area contributed by atoms with E-state index in [2.05, 4.69) is 46.4 Å². The molecule has 3 saturated heterocycles. The second kappa shape index (κ2) is 6.36. The summed E-state index contributed by atoms with van der Waals surface area (Å²) < 4.78 is 0. The lowest BCUT2D eigenvalue weighted by Crippen LogP contribution is -2.59. The molecule has 0 radical (unpaired) electrons. The summed E-state index contributed by atoms with van der Waals surface area (Å²) in [7, 11) is 0. The third-order valence-electron chi connectivity index (χ3n) is 6.20. The van der Waals surface area contributed by atoms with E-state index in [-0.39, 0.29) is 0 Å². The Morgan fingerprint density at radius 1 is 1.00 bits per heavy atom. The highest BCUT2D eigenvalue weighted by atomic mass is 15.2. The second-order valence-electron chi connectivity index (χ2n) is 7.59. The number of nitrogens with one attached hydrogen (secondary N) is 1. The van der Waals surface area contributed by atoms with Crippen molar-refractivity contribution in [1.82, 2.24) is 14.9 Å². The van der Waals surface area contributed by atoms with Crippen molar-refractivity contribution in [2.75, 3.05) is 18.4 Å². The summed E-state index contributed by atoms with van der Waals surface area (Å²) in [5.74, 6) is 0.791. The van der Waals surface area contributed by atoms with E-state index in [0.717, 1.165) is 33.8 Å². The van der Waals surface area contributed by atoms with Crippen molar-refractivity contribution < 1.29 is 0 Å². The number of fused-ring (bicyclic) bond motifs is 4. The number of hydrogen-bond acceptors (Lipinski definition) is 4. The van der Waals surface area contributed by atoms with Gasteiger partial charge < -0.3 is 5.32 Å². The highest BCUT2D eigenvalue weighted by Gasteiger charge is 2.39. The highest BCUT2D eigenvalue weighted by Crippen LogP contribution is 2.34. The van der Waals surface area contributed by atoms with Crippen molar-refractivity contribution in [2.24, 2.45) is 5.92 Å². The molecule has 3 fully saturated rings. The molecular weight excluding hydrogens is 320 g/mol. The van der Waals surface area contributed by atoms with Crippen LogP contribution in [0.3, 0.4) is 0 Å². The van der Waals surface area contributed by atoms with Gasteiger partial charge in [0.1, 0.15) is 0 Å². The van der Waals surface area contributed by atoms with Crippen molar-refractivity contribution in [3.8, 4) is 11.3 Å². The van der Waals surface area contributed by atoms with Crippen LogP contribution in [0.4, 0.5) is 5.69 Å². The molecular formula is C22H24N4. The Kier molecular flexibility index (Phi) is 3.86. The Bertz CT molecular complexity index is 906. The summed E-state index contributed by atoms with van der Waals surface area (Å²) in [6.45, 7) is 4.88. The molecule has 2 bridgehead atoms. The van der Waals surface area contributed by atoms with Crippen LogP contribution in [0.15, 0.2) is 54.9 Å². The monoisotopic (exact) mass is 344 g/mol. The topological polar surface area (TPSA) is 41.1 Å². The van der Waals surface area contributed by atoms with Gasteiger partial charge in [0.2, 0.25) is 0 Å². The van der Waals surface area contributed by atoms with Crippen LogP contribution < -0.4 is 5.32 Å². The predicted octanol–water partition coefficient (Wildman–Crippen LogP) is 4.19. The number of benzene rings is 1. The van der Waals surface area contributed by atoms with E-state index in [4.69, 9.17) is 4.98 Å². The van der Waals surface area contributed by atoms with E-state index >= 15 is 0 Å². The summed E-state index contributed by atoms with van der Waals surface area (Å²) in [6.07, 6.45) is 6.45. The maximum atomic E-state index is 4.75. The minimum Gasteiger partial charge on any atom is -0.379 e. The fourth-order valence-electron chi connectivity index (χ4n) is 4.70. The Hall–Kier alpha value is -2.46. The van der Waals surface area contributed by atoms with Crippen LogP contribution in [0, 0.1) is 5.92 Å². The van der Waals surface area contributed by atoms with Gasteiger partial charge in [0.05, 0.1) is 23.1 Å². The lowest BCUT2D eigenvalue weighted by atomic mass is 9.79. The van der Waals surface area contributed by atoms with Crippen molar-refractivity contribution in [2.45, 2.75) is 31.8 Å². The maximum absolute atomic E-state index is 4.75. The van der Waals surface area contributed by atoms with Crippen LogP contribution in [0.1, 0.15) is 19.8 Å². The van der Waals surface area contributed by atoms with E-state index in [1.54, 1.807) is 0 Å². The number of hydrogen-bond donors (Lipinski definition) is 1. The van der Waals surface area contributed by atoms with Crippen LogP contribution in [-0.4, -0.2) is 40.0 Å². The molecule has 3 aromatic rings. The zero-order chi connectivity index (χ0) is 17.5. The summed E-state index contributed by atoms with van der Waals surface area (Å²) in [4.78, 5) is 11.8. The van der Waals surface area contributed by atoms with Gasteiger partial charge in [0.15, 0.2) is 0 Å². The lowest BCUT2D eigenvalue weighted by Gasteiger charge is -2.50. The van der Waals surface area contributed by atoms with Crippen LogP contribution in [-0.2, 0) is 0 Å². The van der Waals surface area contributed by atoms with Gasteiger partial charge in [-0.25, -0.2) is 0 Å². The van der Waals surface area contributed by atoms with Gasteiger partial charge in [0, 0.05) is 29.2 Å². The van der Waals surface area contributed by atoms with Gasteiger partial charge in [0.25, 0.3) is 0 Å². The summed E-state index contributed by atoms with van der Waals surface area (Å²) in [6, 6.07) is 15.7. The van der Waals surface area contributed by atoms with E-state index < -0.39 is 0 Å². The number of pyridine rings is 2. The predicted molar refractivity (Wildman–Crippen MR) is 106 cm³/mol. The third-order valence-corrected chi connectivity index (χ3v) is 6.20. The number of aromatic nitrogens is 2. The normalized spacial score (nSPS) is 27.6. The standard InChI is InChI=1S/C22H24N4/c1-15-22(16-9-12-26(15)13-10-16)25-17-7-8-21(24-14-17)18-4-2-6-20-19(18)5-3-11-23-20/h2-8,11,14-16,22,25H,9-10,12-13H2,1H3. The lowest BCUT2D eigenvalue weighted by molar-refractivity contribution is 0.0458. The Morgan fingerprint density at radius 3 is 2.65 bits per heavy atom. The Balaban J connectivity index is 1.41. The second-order valence-corrected chi connectivity index (χ2v) is 7.59. The summed E-state index contributed by atoms with van der Waals surface area (Å²) in [5, 5.41) is 4.91.